The molecular weight excluding hydrogens is 170 g/mol. The van der Waals surface area contributed by atoms with Gasteiger partial charge in [-0.1, -0.05) is 0 Å². The molecule has 0 bridgehead atoms. The molecule has 76 valence electrons. The van der Waals surface area contributed by atoms with Crippen LogP contribution in [0.25, 0.3) is 0 Å². The average molecular weight is 187 g/mol. The fourth-order valence-electron chi connectivity index (χ4n) is 1.43. The first-order chi connectivity index (χ1) is 6.27. The van der Waals surface area contributed by atoms with Gasteiger partial charge in [0.2, 0.25) is 5.91 Å². The van der Waals surface area contributed by atoms with E-state index in [1.807, 2.05) is 6.92 Å². The number of hydrogen-bond acceptors (Lipinski definition) is 3. The lowest BCUT2D eigenvalue weighted by atomic mass is 10.3. The van der Waals surface area contributed by atoms with Crippen molar-refractivity contribution in [1.29, 1.82) is 0 Å². The minimum absolute atomic E-state index is 0.0707. The van der Waals surface area contributed by atoms with Crippen LogP contribution in [0.1, 0.15) is 13.3 Å². The molecule has 1 saturated heterocycles. The lowest BCUT2D eigenvalue weighted by Crippen LogP contribution is -2.33. The van der Waals surface area contributed by atoms with Gasteiger partial charge in [-0.2, -0.15) is 0 Å². The normalized spacial score (nSPS) is 22.3. The van der Waals surface area contributed by atoms with Crippen LogP contribution in [0.2, 0.25) is 0 Å². The van der Waals surface area contributed by atoms with Gasteiger partial charge in [-0.05, 0) is 13.3 Å². The predicted molar refractivity (Wildman–Crippen MR) is 48.5 cm³/mol. The van der Waals surface area contributed by atoms with Gasteiger partial charge in [-0.3, -0.25) is 4.79 Å². The molecule has 1 atom stereocenters. The second-order valence-corrected chi connectivity index (χ2v) is 3.12. The highest BCUT2D eigenvalue weighted by atomic mass is 16.5. The molecule has 1 fully saturated rings. The van der Waals surface area contributed by atoms with E-state index >= 15 is 0 Å². The number of carbonyl (C=O) groups excluding carboxylic acids is 1. The van der Waals surface area contributed by atoms with Crippen LogP contribution < -0.4 is 0 Å². The highest BCUT2D eigenvalue weighted by molar-refractivity contribution is 5.77. The standard InChI is InChI=1S/C9H17NO3/c1-3-13-7-9(11)10-5-4-8(6-10)12-2/h8H,3-7H2,1-2H3. The minimum Gasteiger partial charge on any atom is -0.380 e. The summed E-state index contributed by atoms with van der Waals surface area (Å²) in [7, 11) is 1.68. The summed E-state index contributed by atoms with van der Waals surface area (Å²) in [5, 5.41) is 0. The molecule has 0 aromatic carbocycles. The Kier molecular flexibility index (Phi) is 4.18. The van der Waals surface area contributed by atoms with Crippen molar-refractivity contribution in [3.05, 3.63) is 0 Å². The molecule has 1 heterocycles. The third kappa shape index (κ3) is 2.97. The van der Waals surface area contributed by atoms with Gasteiger partial charge in [-0.25, -0.2) is 0 Å². The number of carbonyl (C=O) groups is 1. The van der Waals surface area contributed by atoms with Crippen molar-refractivity contribution in [2.24, 2.45) is 0 Å². The Bertz CT molecular complexity index is 172. The second-order valence-electron chi connectivity index (χ2n) is 3.12. The molecule has 1 aliphatic heterocycles. The maximum absolute atomic E-state index is 11.4. The molecule has 0 aromatic rings. The lowest BCUT2D eigenvalue weighted by molar-refractivity contribution is -0.135. The first kappa shape index (κ1) is 10.5. The summed E-state index contributed by atoms with van der Waals surface area (Å²) < 4.78 is 10.2. The van der Waals surface area contributed by atoms with Gasteiger partial charge in [0.1, 0.15) is 6.61 Å². The zero-order chi connectivity index (χ0) is 9.68. The monoisotopic (exact) mass is 187 g/mol. The van der Waals surface area contributed by atoms with Crippen molar-refractivity contribution < 1.29 is 14.3 Å². The number of rotatable bonds is 4. The summed E-state index contributed by atoms with van der Waals surface area (Å²) >= 11 is 0. The molecule has 4 nitrogen and oxygen atoms in total. The van der Waals surface area contributed by atoms with E-state index in [0.29, 0.717) is 13.2 Å². The van der Waals surface area contributed by atoms with Crippen LogP contribution in [0.15, 0.2) is 0 Å². The fraction of sp³-hybridized carbons (Fsp3) is 0.889. The van der Waals surface area contributed by atoms with E-state index in [-0.39, 0.29) is 18.6 Å². The first-order valence-corrected chi connectivity index (χ1v) is 4.66. The van der Waals surface area contributed by atoms with Crippen molar-refractivity contribution in [1.82, 2.24) is 4.90 Å². The summed E-state index contributed by atoms with van der Waals surface area (Å²) in [5.74, 6) is 0.0707. The molecule has 4 heteroatoms. The fourth-order valence-corrected chi connectivity index (χ4v) is 1.43. The summed E-state index contributed by atoms with van der Waals surface area (Å²) in [6, 6.07) is 0. The predicted octanol–water partition coefficient (Wildman–Crippen LogP) is 0.270. The third-order valence-electron chi connectivity index (χ3n) is 2.26. The molecule has 0 aliphatic carbocycles. The average Bonchev–Trinajstić information content (AvgIpc) is 2.62. The van der Waals surface area contributed by atoms with Crippen molar-refractivity contribution in [3.63, 3.8) is 0 Å². The molecule has 1 unspecified atom stereocenters. The molecular formula is C9H17NO3. The van der Waals surface area contributed by atoms with Gasteiger partial charge in [0, 0.05) is 26.8 Å². The van der Waals surface area contributed by atoms with Crippen molar-refractivity contribution >= 4 is 5.91 Å². The van der Waals surface area contributed by atoms with E-state index in [2.05, 4.69) is 0 Å². The Hall–Kier alpha value is -0.610. The smallest absolute Gasteiger partial charge is 0.248 e. The minimum atomic E-state index is 0.0707. The maximum Gasteiger partial charge on any atom is 0.248 e. The van der Waals surface area contributed by atoms with Crippen molar-refractivity contribution in [3.8, 4) is 0 Å². The van der Waals surface area contributed by atoms with Crippen LogP contribution in [0.4, 0.5) is 0 Å². The van der Waals surface area contributed by atoms with E-state index in [9.17, 15) is 4.79 Å². The number of likely N-dealkylation sites (tertiary alicyclic amines) is 1. The maximum atomic E-state index is 11.4. The highest BCUT2D eigenvalue weighted by Gasteiger charge is 2.25. The van der Waals surface area contributed by atoms with Crippen LogP contribution in [-0.4, -0.2) is 50.3 Å². The topological polar surface area (TPSA) is 38.8 Å². The van der Waals surface area contributed by atoms with Gasteiger partial charge in [0.05, 0.1) is 6.10 Å². The molecule has 1 aliphatic rings. The van der Waals surface area contributed by atoms with Gasteiger partial charge in [-0.15, -0.1) is 0 Å². The molecule has 0 N–H and O–H groups in total. The molecule has 0 radical (unpaired) electrons. The molecule has 0 aromatic heterocycles. The quantitative estimate of drug-likeness (QED) is 0.634. The van der Waals surface area contributed by atoms with Crippen LogP contribution >= 0.6 is 0 Å². The third-order valence-corrected chi connectivity index (χ3v) is 2.26. The van der Waals surface area contributed by atoms with Crippen LogP contribution in [0.3, 0.4) is 0 Å². The molecule has 1 rings (SSSR count). The Morgan fingerprint density at radius 3 is 2.92 bits per heavy atom. The molecule has 13 heavy (non-hydrogen) atoms. The summed E-state index contributed by atoms with van der Waals surface area (Å²) in [4.78, 5) is 13.2. The Labute approximate surface area is 78.8 Å². The summed E-state index contributed by atoms with van der Waals surface area (Å²) in [6.07, 6.45) is 1.15. The molecule has 0 spiro atoms. The van der Waals surface area contributed by atoms with E-state index in [4.69, 9.17) is 9.47 Å². The van der Waals surface area contributed by atoms with Crippen molar-refractivity contribution in [2.75, 3.05) is 33.4 Å². The summed E-state index contributed by atoms with van der Waals surface area (Å²) in [5.41, 5.74) is 0. The van der Waals surface area contributed by atoms with E-state index in [1.54, 1.807) is 12.0 Å². The Morgan fingerprint density at radius 2 is 2.38 bits per heavy atom. The van der Waals surface area contributed by atoms with E-state index in [0.717, 1.165) is 13.0 Å². The van der Waals surface area contributed by atoms with Gasteiger partial charge in [0.15, 0.2) is 0 Å². The van der Waals surface area contributed by atoms with E-state index < -0.39 is 0 Å². The molecule has 1 amide bonds. The highest BCUT2D eigenvalue weighted by Crippen LogP contribution is 2.11. The SMILES string of the molecule is CCOCC(=O)N1CCC(OC)C1. The number of methoxy groups -OCH3 is 1. The number of amides is 1. The number of hydrogen-bond donors (Lipinski definition) is 0. The van der Waals surface area contributed by atoms with Crippen molar-refractivity contribution in [2.45, 2.75) is 19.4 Å². The van der Waals surface area contributed by atoms with Crippen LogP contribution in [0.5, 0.6) is 0 Å². The van der Waals surface area contributed by atoms with Crippen LogP contribution in [0, 0.1) is 0 Å². The van der Waals surface area contributed by atoms with Gasteiger partial charge < -0.3 is 14.4 Å². The largest absolute Gasteiger partial charge is 0.380 e. The molecule has 0 saturated carbocycles. The first-order valence-electron chi connectivity index (χ1n) is 4.66. The second kappa shape index (κ2) is 5.19. The number of ether oxygens (including phenoxy) is 2. The zero-order valence-electron chi connectivity index (χ0n) is 8.28. The number of nitrogens with zero attached hydrogens (tertiary/aromatic N) is 1. The van der Waals surface area contributed by atoms with E-state index in [1.165, 1.54) is 0 Å². The summed E-state index contributed by atoms with van der Waals surface area (Å²) in [6.45, 7) is 4.18. The van der Waals surface area contributed by atoms with Gasteiger partial charge in [0.25, 0.3) is 0 Å². The zero-order valence-corrected chi connectivity index (χ0v) is 8.28. The van der Waals surface area contributed by atoms with Crippen LogP contribution in [-0.2, 0) is 14.3 Å². The Morgan fingerprint density at radius 1 is 1.62 bits per heavy atom. The van der Waals surface area contributed by atoms with Gasteiger partial charge >= 0.3 is 0 Å². The Balaban J connectivity index is 2.25. The lowest BCUT2D eigenvalue weighted by Gasteiger charge is -2.15.